The topological polar surface area (TPSA) is 86.9 Å². The second-order valence-corrected chi connectivity index (χ2v) is 7.80. The Kier molecular flexibility index (Phi) is 10.1. The van der Waals surface area contributed by atoms with Crippen molar-refractivity contribution < 1.29 is 19.1 Å². The van der Waals surface area contributed by atoms with Gasteiger partial charge in [-0.1, -0.05) is 48.5 Å². The zero-order valence-corrected chi connectivity index (χ0v) is 18.0. The van der Waals surface area contributed by atoms with Crippen molar-refractivity contribution in [2.75, 3.05) is 26.7 Å². The Bertz CT molecular complexity index is 813. The quantitative estimate of drug-likeness (QED) is 0.630. The molecule has 0 aliphatic carbocycles. The maximum atomic E-state index is 13.9. The molecule has 6 nitrogen and oxygen atoms in total. The van der Waals surface area contributed by atoms with Gasteiger partial charge in [-0.2, -0.15) is 0 Å². The van der Waals surface area contributed by atoms with Crippen molar-refractivity contribution in [3.63, 3.8) is 0 Å². The molecule has 1 aliphatic heterocycles. The number of halogens is 1. The predicted molar refractivity (Wildman–Crippen MR) is 119 cm³/mol. The number of likely N-dealkylation sites (tertiary alicyclic amines) is 1. The number of carbonyl (C=O) groups excluding carboxylic acids is 1. The van der Waals surface area contributed by atoms with Crippen molar-refractivity contribution in [3.05, 3.63) is 71.5 Å². The normalized spacial score (nSPS) is 15.5. The number of rotatable bonds is 8. The van der Waals surface area contributed by atoms with Crippen LogP contribution in [0.15, 0.2) is 54.6 Å². The van der Waals surface area contributed by atoms with Gasteiger partial charge < -0.3 is 20.6 Å². The Labute approximate surface area is 183 Å². The van der Waals surface area contributed by atoms with E-state index in [4.69, 9.17) is 15.6 Å². The second-order valence-electron chi connectivity index (χ2n) is 7.80. The van der Waals surface area contributed by atoms with Gasteiger partial charge in [0.1, 0.15) is 5.82 Å². The molecule has 0 saturated carbocycles. The van der Waals surface area contributed by atoms with Gasteiger partial charge in [0.05, 0.1) is 6.04 Å². The molecule has 1 amide bonds. The van der Waals surface area contributed by atoms with Crippen molar-refractivity contribution in [1.29, 1.82) is 0 Å². The Morgan fingerprint density at radius 2 is 1.74 bits per heavy atom. The third-order valence-corrected chi connectivity index (χ3v) is 5.55. The maximum Gasteiger partial charge on any atom is 0.290 e. The molecular formula is C24H32FN3O3. The lowest BCUT2D eigenvalue weighted by Gasteiger charge is -2.32. The molecule has 31 heavy (non-hydrogen) atoms. The molecular weight excluding hydrogens is 397 g/mol. The fourth-order valence-corrected chi connectivity index (χ4v) is 3.90. The monoisotopic (exact) mass is 429 g/mol. The molecule has 1 fully saturated rings. The number of carbonyl (C=O) groups is 2. The molecule has 168 valence electrons. The minimum absolute atomic E-state index is 0.00288. The first-order valence-electron chi connectivity index (χ1n) is 10.6. The number of benzene rings is 2. The van der Waals surface area contributed by atoms with Crippen LogP contribution in [0.2, 0.25) is 0 Å². The third-order valence-electron chi connectivity index (χ3n) is 5.55. The van der Waals surface area contributed by atoms with Crippen LogP contribution in [-0.4, -0.2) is 60.0 Å². The smallest absolute Gasteiger partial charge is 0.290 e. The number of amides is 1. The van der Waals surface area contributed by atoms with E-state index in [0.717, 1.165) is 25.2 Å². The molecule has 3 rings (SSSR count). The van der Waals surface area contributed by atoms with Crippen molar-refractivity contribution in [1.82, 2.24) is 9.80 Å². The lowest BCUT2D eigenvalue weighted by Crippen LogP contribution is -2.41. The van der Waals surface area contributed by atoms with E-state index >= 15 is 0 Å². The van der Waals surface area contributed by atoms with Gasteiger partial charge in [-0.05, 0) is 49.5 Å². The van der Waals surface area contributed by atoms with E-state index in [9.17, 15) is 9.18 Å². The van der Waals surface area contributed by atoms with E-state index in [1.54, 1.807) is 18.2 Å². The van der Waals surface area contributed by atoms with E-state index in [0.29, 0.717) is 12.0 Å². The van der Waals surface area contributed by atoms with Crippen LogP contribution < -0.4 is 5.73 Å². The highest BCUT2D eigenvalue weighted by molar-refractivity contribution is 5.77. The average molecular weight is 430 g/mol. The van der Waals surface area contributed by atoms with Crippen LogP contribution >= 0.6 is 0 Å². The highest BCUT2D eigenvalue weighted by Crippen LogP contribution is 2.24. The number of carboxylic acid groups (broad SMARTS) is 1. The van der Waals surface area contributed by atoms with Gasteiger partial charge in [0, 0.05) is 26.1 Å². The van der Waals surface area contributed by atoms with E-state index < -0.39 is 6.04 Å². The summed E-state index contributed by atoms with van der Waals surface area (Å²) in [6.45, 7) is 2.74. The van der Waals surface area contributed by atoms with Crippen LogP contribution in [0.5, 0.6) is 0 Å². The van der Waals surface area contributed by atoms with Gasteiger partial charge >= 0.3 is 0 Å². The van der Waals surface area contributed by atoms with Gasteiger partial charge in [-0.3, -0.25) is 9.59 Å². The summed E-state index contributed by atoms with van der Waals surface area (Å²) in [6, 6.07) is 16.3. The van der Waals surface area contributed by atoms with Crippen LogP contribution in [-0.2, 0) is 16.0 Å². The fourth-order valence-electron chi connectivity index (χ4n) is 3.90. The van der Waals surface area contributed by atoms with Crippen molar-refractivity contribution in [2.45, 2.75) is 37.8 Å². The summed E-state index contributed by atoms with van der Waals surface area (Å²) in [5, 5.41) is 6.89. The second kappa shape index (κ2) is 12.8. The Balaban J connectivity index is 0.00000107. The minimum Gasteiger partial charge on any atom is -0.483 e. The summed E-state index contributed by atoms with van der Waals surface area (Å²) in [6.07, 6.45) is 2.99. The van der Waals surface area contributed by atoms with E-state index in [2.05, 4.69) is 17.0 Å². The van der Waals surface area contributed by atoms with Gasteiger partial charge in [0.25, 0.3) is 6.47 Å². The number of hydrogen-bond donors (Lipinski definition) is 2. The summed E-state index contributed by atoms with van der Waals surface area (Å²) in [5.41, 5.74) is 7.88. The third kappa shape index (κ3) is 7.77. The van der Waals surface area contributed by atoms with E-state index in [1.807, 2.05) is 30.1 Å². The number of hydrogen-bond acceptors (Lipinski definition) is 4. The summed E-state index contributed by atoms with van der Waals surface area (Å²) in [5.74, 6) is -0.271. The minimum atomic E-state index is -0.407. The molecule has 2 atom stereocenters. The SMILES string of the molecule is CN(C(=O)CC(N)Cc1ccccc1F)[C@@H](CN1CCCC1)c1ccccc1.O=CO. The molecule has 1 heterocycles. The highest BCUT2D eigenvalue weighted by Gasteiger charge is 2.26. The van der Waals surface area contributed by atoms with Crippen LogP contribution in [0.25, 0.3) is 0 Å². The molecule has 1 unspecified atom stereocenters. The zero-order chi connectivity index (χ0) is 22.6. The average Bonchev–Trinajstić information content (AvgIpc) is 3.28. The summed E-state index contributed by atoms with van der Waals surface area (Å²) in [7, 11) is 1.85. The van der Waals surface area contributed by atoms with Crippen LogP contribution in [0, 0.1) is 5.82 Å². The Morgan fingerprint density at radius 3 is 2.35 bits per heavy atom. The van der Waals surface area contributed by atoms with Gasteiger partial charge in [0.15, 0.2) is 0 Å². The van der Waals surface area contributed by atoms with Crippen LogP contribution in [0.3, 0.4) is 0 Å². The number of likely N-dealkylation sites (N-methyl/N-ethyl adjacent to an activating group) is 1. The first-order chi connectivity index (χ1) is 15.0. The van der Waals surface area contributed by atoms with Crippen molar-refractivity contribution >= 4 is 12.4 Å². The molecule has 0 spiro atoms. The largest absolute Gasteiger partial charge is 0.483 e. The molecule has 0 radical (unpaired) electrons. The summed E-state index contributed by atoms with van der Waals surface area (Å²) in [4.78, 5) is 25.5. The molecule has 3 N–H and O–H groups in total. The molecule has 7 heteroatoms. The predicted octanol–water partition coefficient (Wildman–Crippen LogP) is 3.08. The molecule has 0 aromatic heterocycles. The lowest BCUT2D eigenvalue weighted by atomic mass is 10.0. The van der Waals surface area contributed by atoms with Crippen LogP contribution in [0.1, 0.15) is 36.4 Å². The Hall–Kier alpha value is -2.77. The summed E-state index contributed by atoms with van der Waals surface area (Å²) >= 11 is 0. The maximum absolute atomic E-state index is 13.9. The lowest BCUT2D eigenvalue weighted by molar-refractivity contribution is -0.132. The van der Waals surface area contributed by atoms with Crippen LogP contribution in [0.4, 0.5) is 4.39 Å². The molecule has 2 aromatic carbocycles. The fraction of sp³-hybridized carbons (Fsp3) is 0.417. The van der Waals surface area contributed by atoms with Crippen molar-refractivity contribution in [2.24, 2.45) is 5.73 Å². The van der Waals surface area contributed by atoms with Crippen molar-refractivity contribution in [3.8, 4) is 0 Å². The van der Waals surface area contributed by atoms with Gasteiger partial charge in [-0.25, -0.2) is 4.39 Å². The zero-order valence-electron chi connectivity index (χ0n) is 18.0. The molecule has 2 aromatic rings. The van der Waals surface area contributed by atoms with Gasteiger partial charge in [0.2, 0.25) is 5.91 Å². The first kappa shape index (κ1) is 24.5. The molecule has 0 bridgehead atoms. The van der Waals surface area contributed by atoms with E-state index in [1.165, 1.54) is 18.9 Å². The number of nitrogens with two attached hydrogens (primary N) is 1. The standard InChI is InChI=1S/C23H30FN3O.CH2O2/c1-26(23(28)16-20(25)15-19-11-5-6-12-21(19)24)22(17-27-13-7-8-14-27)18-9-3-2-4-10-18;2-1-3/h2-6,9-12,20,22H,7-8,13-17,25H2,1H3;1H,(H,2,3)/t20?,22-;/m0./s1. The Morgan fingerprint density at radius 1 is 1.16 bits per heavy atom. The summed E-state index contributed by atoms with van der Waals surface area (Å²) < 4.78 is 13.9. The van der Waals surface area contributed by atoms with Gasteiger partial charge in [-0.15, -0.1) is 0 Å². The molecule has 1 aliphatic rings. The highest BCUT2D eigenvalue weighted by atomic mass is 19.1. The first-order valence-corrected chi connectivity index (χ1v) is 10.6. The van der Waals surface area contributed by atoms with E-state index in [-0.39, 0.29) is 30.7 Å². The number of nitrogens with zero attached hydrogens (tertiary/aromatic N) is 2. The molecule has 1 saturated heterocycles.